The van der Waals surface area contributed by atoms with Crippen LogP contribution in [0.4, 0.5) is 5.82 Å². The Morgan fingerprint density at radius 2 is 2.38 bits per heavy atom. The molecule has 0 unspecified atom stereocenters. The van der Waals surface area contributed by atoms with Crippen molar-refractivity contribution in [3.63, 3.8) is 0 Å². The van der Waals surface area contributed by atoms with Crippen LogP contribution in [0.15, 0.2) is 36.7 Å². The van der Waals surface area contributed by atoms with Crippen LogP contribution in [-0.2, 0) is 4.74 Å². The maximum absolute atomic E-state index is 5.72. The van der Waals surface area contributed by atoms with Gasteiger partial charge in [0.1, 0.15) is 12.4 Å². The molecule has 3 heteroatoms. The molecule has 2 rings (SSSR count). The molecule has 0 fully saturated rings. The Morgan fingerprint density at radius 3 is 3.08 bits per heavy atom. The lowest BCUT2D eigenvalue weighted by molar-refractivity contribution is 0.293. The van der Waals surface area contributed by atoms with Gasteiger partial charge < -0.3 is 10.5 Å². The molecule has 0 bridgehead atoms. The normalized spacial score (nSPS) is 14.9. The van der Waals surface area contributed by atoms with E-state index >= 15 is 0 Å². The highest BCUT2D eigenvalue weighted by Crippen LogP contribution is 2.21. The Kier molecular flexibility index (Phi) is 2.00. The predicted octanol–water partition coefficient (Wildman–Crippen LogP) is 1.59. The average Bonchev–Trinajstić information content (AvgIpc) is 2.20. The van der Waals surface area contributed by atoms with Crippen molar-refractivity contribution in [2.75, 3.05) is 12.3 Å². The van der Waals surface area contributed by atoms with Crippen molar-refractivity contribution >= 4 is 11.4 Å². The molecule has 1 aliphatic rings. The van der Waals surface area contributed by atoms with Crippen molar-refractivity contribution in [2.45, 2.75) is 0 Å². The zero-order valence-electron chi connectivity index (χ0n) is 7.10. The van der Waals surface area contributed by atoms with E-state index in [1.807, 2.05) is 24.3 Å². The molecule has 3 nitrogen and oxygen atoms in total. The maximum Gasteiger partial charge on any atom is 0.131 e. The lowest BCUT2D eigenvalue weighted by Gasteiger charge is -2.11. The number of allylic oxidation sites excluding steroid dienone is 2. The summed E-state index contributed by atoms with van der Waals surface area (Å²) in [6, 6.07) is 3.81. The maximum atomic E-state index is 5.72. The molecule has 0 aromatic carbocycles. The molecule has 0 radical (unpaired) electrons. The summed E-state index contributed by atoms with van der Waals surface area (Å²) >= 11 is 0. The standard InChI is InChI=1S/C10H10N2O/c11-10-9(4-1-5-12-10)8-3-2-6-13-7-8/h1-6H,7H2,(H2,11,12). The van der Waals surface area contributed by atoms with Gasteiger partial charge in [-0.3, -0.25) is 0 Å². The second-order valence-electron chi connectivity index (χ2n) is 2.77. The van der Waals surface area contributed by atoms with Gasteiger partial charge in [-0.1, -0.05) is 6.08 Å². The largest absolute Gasteiger partial charge is 0.496 e. The second-order valence-corrected chi connectivity index (χ2v) is 2.77. The molecule has 2 N–H and O–H groups in total. The Bertz CT molecular complexity index is 369. The molecule has 1 aromatic heterocycles. The number of nitrogens with zero attached hydrogens (tertiary/aromatic N) is 1. The summed E-state index contributed by atoms with van der Waals surface area (Å²) in [7, 11) is 0. The minimum absolute atomic E-state index is 0.549. The summed E-state index contributed by atoms with van der Waals surface area (Å²) in [6.45, 7) is 0.562. The molecule has 0 atom stereocenters. The molecular formula is C10H10N2O. The number of rotatable bonds is 1. The van der Waals surface area contributed by atoms with E-state index in [4.69, 9.17) is 10.5 Å². The number of aromatic nitrogens is 1. The Balaban J connectivity index is 2.40. The van der Waals surface area contributed by atoms with Gasteiger partial charge in [0.15, 0.2) is 0 Å². The van der Waals surface area contributed by atoms with Crippen LogP contribution < -0.4 is 5.73 Å². The quantitative estimate of drug-likeness (QED) is 0.703. The summed E-state index contributed by atoms with van der Waals surface area (Å²) in [4.78, 5) is 4.01. The SMILES string of the molecule is Nc1ncccc1C1=CC=COC1. The lowest BCUT2D eigenvalue weighted by atomic mass is 10.1. The van der Waals surface area contributed by atoms with Crippen LogP contribution in [-0.4, -0.2) is 11.6 Å². The van der Waals surface area contributed by atoms with Crippen molar-refractivity contribution in [1.82, 2.24) is 4.98 Å². The number of nitrogens with two attached hydrogens (primary N) is 1. The van der Waals surface area contributed by atoms with E-state index in [0.29, 0.717) is 12.4 Å². The predicted molar refractivity (Wildman–Crippen MR) is 51.7 cm³/mol. The van der Waals surface area contributed by atoms with Crippen molar-refractivity contribution in [2.24, 2.45) is 0 Å². The van der Waals surface area contributed by atoms with Crippen molar-refractivity contribution in [3.05, 3.63) is 42.3 Å². The van der Waals surface area contributed by atoms with Gasteiger partial charge in [0.2, 0.25) is 0 Å². The summed E-state index contributed by atoms with van der Waals surface area (Å²) in [5, 5.41) is 0. The van der Waals surface area contributed by atoms with E-state index in [-0.39, 0.29) is 0 Å². The molecule has 66 valence electrons. The third-order valence-electron chi connectivity index (χ3n) is 1.90. The molecular weight excluding hydrogens is 164 g/mol. The molecule has 2 heterocycles. The highest BCUT2D eigenvalue weighted by molar-refractivity contribution is 5.75. The van der Waals surface area contributed by atoms with E-state index in [2.05, 4.69) is 4.98 Å². The number of hydrogen-bond donors (Lipinski definition) is 1. The van der Waals surface area contributed by atoms with Gasteiger partial charge in [0.25, 0.3) is 0 Å². The molecule has 0 saturated heterocycles. The first-order chi connectivity index (χ1) is 6.38. The summed E-state index contributed by atoms with van der Waals surface area (Å²) < 4.78 is 5.16. The van der Waals surface area contributed by atoms with Gasteiger partial charge in [0, 0.05) is 17.3 Å². The van der Waals surface area contributed by atoms with Crippen LogP contribution in [0.25, 0.3) is 5.57 Å². The van der Waals surface area contributed by atoms with E-state index in [1.165, 1.54) is 0 Å². The van der Waals surface area contributed by atoms with Crippen LogP contribution in [0.3, 0.4) is 0 Å². The van der Waals surface area contributed by atoms with Gasteiger partial charge in [-0.15, -0.1) is 0 Å². The summed E-state index contributed by atoms with van der Waals surface area (Å²) in [6.07, 6.45) is 7.18. The van der Waals surface area contributed by atoms with Crippen LogP contribution in [0.1, 0.15) is 5.56 Å². The molecule has 0 amide bonds. The highest BCUT2D eigenvalue weighted by atomic mass is 16.5. The first-order valence-electron chi connectivity index (χ1n) is 4.06. The smallest absolute Gasteiger partial charge is 0.131 e. The van der Waals surface area contributed by atoms with Gasteiger partial charge in [0.05, 0.1) is 6.26 Å². The fourth-order valence-electron chi connectivity index (χ4n) is 1.25. The van der Waals surface area contributed by atoms with Gasteiger partial charge in [-0.05, 0) is 18.2 Å². The molecule has 1 aromatic rings. The highest BCUT2D eigenvalue weighted by Gasteiger charge is 2.06. The number of ether oxygens (including phenoxy) is 1. The number of pyridine rings is 1. The molecule has 0 spiro atoms. The Labute approximate surface area is 76.5 Å². The topological polar surface area (TPSA) is 48.1 Å². The summed E-state index contributed by atoms with van der Waals surface area (Å²) in [5.41, 5.74) is 7.73. The monoisotopic (exact) mass is 174 g/mol. The Hall–Kier alpha value is -1.77. The van der Waals surface area contributed by atoms with Crippen LogP contribution in [0, 0.1) is 0 Å². The molecule has 1 aliphatic heterocycles. The summed E-state index contributed by atoms with van der Waals surface area (Å²) in [5.74, 6) is 0.549. The minimum atomic E-state index is 0.549. The van der Waals surface area contributed by atoms with Gasteiger partial charge >= 0.3 is 0 Å². The second kappa shape index (κ2) is 3.31. The van der Waals surface area contributed by atoms with Crippen molar-refractivity contribution < 1.29 is 4.74 Å². The number of anilines is 1. The number of hydrogen-bond acceptors (Lipinski definition) is 3. The number of nitrogen functional groups attached to an aromatic ring is 1. The fraction of sp³-hybridized carbons (Fsp3) is 0.100. The van der Waals surface area contributed by atoms with Crippen LogP contribution >= 0.6 is 0 Å². The minimum Gasteiger partial charge on any atom is -0.496 e. The zero-order valence-corrected chi connectivity index (χ0v) is 7.10. The van der Waals surface area contributed by atoms with E-state index in [1.54, 1.807) is 12.5 Å². The third-order valence-corrected chi connectivity index (χ3v) is 1.90. The molecule has 0 aliphatic carbocycles. The van der Waals surface area contributed by atoms with Crippen molar-refractivity contribution in [3.8, 4) is 0 Å². The third kappa shape index (κ3) is 1.54. The van der Waals surface area contributed by atoms with Crippen LogP contribution in [0.2, 0.25) is 0 Å². The first kappa shape index (κ1) is 7.86. The van der Waals surface area contributed by atoms with E-state index < -0.39 is 0 Å². The van der Waals surface area contributed by atoms with Gasteiger partial charge in [-0.25, -0.2) is 4.98 Å². The van der Waals surface area contributed by atoms with E-state index in [9.17, 15) is 0 Å². The van der Waals surface area contributed by atoms with E-state index in [0.717, 1.165) is 11.1 Å². The molecule has 13 heavy (non-hydrogen) atoms. The average molecular weight is 174 g/mol. The first-order valence-corrected chi connectivity index (χ1v) is 4.06. The fourth-order valence-corrected chi connectivity index (χ4v) is 1.25. The molecule has 0 saturated carbocycles. The van der Waals surface area contributed by atoms with Crippen LogP contribution in [0.5, 0.6) is 0 Å². The lowest BCUT2D eigenvalue weighted by Crippen LogP contribution is -2.01. The zero-order chi connectivity index (χ0) is 9.10. The van der Waals surface area contributed by atoms with Crippen molar-refractivity contribution in [1.29, 1.82) is 0 Å². The van der Waals surface area contributed by atoms with Gasteiger partial charge in [-0.2, -0.15) is 0 Å². The Morgan fingerprint density at radius 1 is 1.46 bits per heavy atom.